The highest BCUT2D eigenvalue weighted by atomic mass is 16.2. The number of rotatable bonds is 3. The van der Waals surface area contributed by atoms with Crippen molar-refractivity contribution in [3.8, 4) is 0 Å². The van der Waals surface area contributed by atoms with Gasteiger partial charge in [0, 0.05) is 12.6 Å². The summed E-state index contributed by atoms with van der Waals surface area (Å²) in [6, 6.07) is 4.42. The zero-order valence-corrected chi connectivity index (χ0v) is 7.04. The Morgan fingerprint density at radius 3 is 3.00 bits per heavy atom. The normalized spacial score (nSPS) is 9.23. The average molecular weight is 178 g/mol. The molecule has 0 radical (unpaired) electrons. The van der Waals surface area contributed by atoms with E-state index in [2.05, 4.69) is 16.9 Å². The van der Waals surface area contributed by atoms with E-state index in [4.69, 9.17) is 0 Å². The van der Waals surface area contributed by atoms with Gasteiger partial charge in [0.1, 0.15) is 5.69 Å². The van der Waals surface area contributed by atoms with Crippen molar-refractivity contribution in [2.45, 2.75) is 0 Å². The second-order valence-corrected chi connectivity index (χ2v) is 2.43. The van der Waals surface area contributed by atoms with Crippen LogP contribution in [0.4, 0.5) is 0 Å². The first-order valence-electron chi connectivity index (χ1n) is 3.82. The van der Waals surface area contributed by atoms with Crippen molar-refractivity contribution < 1.29 is 4.79 Å². The summed E-state index contributed by atoms with van der Waals surface area (Å²) in [6.07, 6.45) is 1.57. The molecule has 68 valence electrons. The van der Waals surface area contributed by atoms with Crippen LogP contribution in [0.5, 0.6) is 0 Å². The van der Waals surface area contributed by atoms with Gasteiger partial charge >= 0.3 is 0 Å². The quantitative estimate of drug-likeness (QED) is 0.653. The van der Waals surface area contributed by atoms with Crippen LogP contribution in [0.15, 0.2) is 35.6 Å². The third-order valence-corrected chi connectivity index (χ3v) is 1.42. The molecule has 0 aromatic carbocycles. The highest BCUT2D eigenvalue weighted by Gasteiger charge is 2.02. The molecule has 13 heavy (non-hydrogen) atoms. The van der Waals surface area contributed by atoms with E-state index in [1.807, 2.05) is 0 Å². The molecule has 1 aromatic heterocycles. The predicted molar refractivity (Wildman–Crippen MR) is 49.6 cm³/mol. The van der Waals surface area contributed by atoms with E-state index in [9.17, 15) is 9.59 Å². The fourth-order valence-electron chi connectivity index (χ4n) is 0.840. The third-order valence-electron chi connectivity index (χ3n) is 1.42. The van der Waals surface area contributed by atoms with Crippen molar-refractivity contribution in [3.05, 3.63) is 46.9 Å². The van der Waals surface area contributed by atoms with Crippen molar-refractivity contribution in [3.63, 3.8) is 0 Å². The molecule has 0 atom stereocenters. The van der Waals surface area contributed by atoms with Crippen molar-refractivity contribution in [2.24, 2.45) is 0 Å². The Morgan fingerprint density at radius 1 is 1.62 bits per heavy atom. The first-order chi connectivity index (χ1) is 6.24. The average Bonchev–Trinajstić information content (AvgIpc) is 2.14. The highest BCUT2D eigenvalue weighted by Crippen LogP contribution is 1.88. The van der Waals surface area contributed by atoms with Crippen molar-refractivity contribution in [1.82, 2.24) is 10.3 Å². The summed E-state index contributed by atoms with van der Waals surface area (Å²) in [6.45, 7) is 3.84. The minimum Gasteiger partial charge on any atom is -0.347 e. The summed E-state index contributed by atoms with van der Waals surface area (Å²) in [7, 11) is 0. The molecule has 4 heteroatoms. The standard InChI is InChI=1S/C9H10N2O2/c1-2-6-10-9(13)7-4-3-5-8(12)11-7/h2-5H,1,6H2,(H,10,13)(H,11,12). The lowest BCUT2D eigenvalue weighted by atomic mass is 10.3. The van der Waals surface area contributed by atoms with Gasteiger partial charge in [-0.15, -0.1) is 6.58 Å². The van der Waals surface area contributed by atoms with E-state index in [-0.39, 0.29) is 17.2 Å². The van der Waals surface area contributed by atoms with Crippen LogP contribution in [0.1, 0.15) is 10.5 Å². The van der Waals surface area contributed by atoms with E-state index in [1.165, 1.54) is 12.1 Å². The molecule has 2 N–H and O–H groups in total. The molecule has 0 spiro atoms. The van der Waals surface area contributed by atoms with E-state index < -0.39 is 0 Å². The number of hydrogen-bond donors (Lipinski definition) is 2. The maximum absolute atomic E-state index is 11.2. The van der Waals surface area contributed by atoms with Gasteiger partial charge in [-0.3, -0.25) is 9.59 Å². The van der Waals surface area contributed by atoms with Crippen LogP contribution in [0, 0.1) is 0 Å². The Kier molecular flexibility index (Phi) is 3.03. The number of aromatic nitrogens is 1. The van der Waals surface area contributed by atoms with E-state index in [1.54, 1.807) is 12.1 Å². The fourth-order valence-corrected chi connectivity index (χ4v) is 0.840. The second kappa shape index (κ2) is 4.25. The van der Waals surface area contributed by atoms with Crippen LogP contribution in [0.2, 0.25) is 0 Å². The van der Waals surface area contributed by atoms with Gasteiger partial charge in [0.25, 0.3) is 5.91 Å². The zero-order chi connectivity index (χ0) is 9.68. The minimum absolute atomic E-state index is 0.259. The van der Waals surface area contributed by atoms with Crippen LogP contribution in [-0.4, -0.2) is 17.4 Å². The maximum Gasteiger partial charge on any atom is 0.268 e. The second-order valence-electron chi connectivity index (χ2n) is 2.43. The van der Waals surface area contributed by atoms with Crippen LogP contribution in [0.25, 0.3) is 0 Å². The molecule has 0 aliphatic heterocycles. The Morgan fingerprint density at radius 2 is 2.38 bits per heavy atom. The number of amides is 1. The summed E-state index contributed by atoms with van der Waals surface area (Å²) >= 11 is 0. The summed E-state index contributed by atoms with van der Waals surface area (Å²) in [5.41, 5.74) is -0.0272. The SMILES string of the molecule is C=CCNC(=O)c1cccc(=O)[nH]1. The monoisotopic (exact) mass is 178 g/mol. The molecule has 0 fully saturated rings. The fraction of sp³-hybridized carbons (Fsp3) is 0.111. The highest BCUT2D eigenvalue weighted by molar-refractivity contribution is 5.92. The van der Waals surface area contributed by atoms with Gasteiger partial charge in [-0.05, 0) is 6.07 Å². The van der Waals surface area contributed by atoms with Crippen molar-refractivity contribution in [2.75, 3.05) is 6.54 Å². The van der Waals surface area contributed by atoms with Gasteiger partial charge in [-0.2, -0.15) is 0 Å². The molecular weight excluding hydrogens is 168 g/mol. The Hall–Kier alpha value is -1.84. The molecule has 0 unspecified atom stereocenters. The Balaban J connectivity index is 2.77. The molecule has 1 rings (SSSR count). The maximum atomic E-state index is 11.2. The zero-order valence-electron chi connectivity index (χ0n) is 7.04. The summed E-state index contributed by atoms with van der Waals surface area (Å²) in [4.78, 5) is 24.5. The number of carbonyl (C=O) groups is 1. The number of aromatic amines is 1. The number of carbonyl (C=O) groups excluding carboxylic acids is 1. The summed E-state index contributed by atoms with van der Waals surface area (Å²) in [5, 5.41) is 2.55. The van der Waals surface area contributed by atoms with Crippen molar-refractivity contribution in [1.29, 1.82) is 0 Å². The largest absolute Gasteiger partial charge is 0.347 e. The molecule has 0 saturated carbocycles. The topological polar surface area (TPSA) is 62.0 Å². The van der Waals surface area contributed by atoms with Gasteiger partial charge in [0.15, 0.2) is 0 Å². The Bertz CT molecular complexity index is 368. The molecule has 1 heterocycles. The first kappa shape index (κ1) is 9.25. The Labute approximate surface area is 75.3 Å². The number of hydrogen-bond acceptors (Lipinski definition) is 2. The van der Waals surface area contributed by atoms with E-state index in [0.717, 1.165) is 0 Å². The van der Waals surface area contributed by atoms with Gasteiger partial charge in [0.05, 0.1) is 0 Å². The lowest BCUT2D eigenvalue weighted by Crippen LogP contribution is -2.26. The van der Waals surface area contributed by atoms with E-state index in [0.29, 0.717) is 6.54 Å². The smallest absolute Gasteiger partial charge is 0.268 e. The lowest BCUT2D eigenvalue weighted by molar-refractivity contribution is 0.0953. The molecule has 0 saturated heterocycles. The number of H-pyrrole nitrogens is 1. The van der Waals surface area contributed by atoms with Crippen molar-refractivity contribution >= 4 is 5.91 Å². The number of pyridine rings is 1. The molecule has 1 aromatic rings. The van der Waals surface area contributed by atoms with Crippen LogP contribution in [-0.2, 0) is 0 Å². The predicted octanol–water partition coefficient (Wildman–Crippen LogP) is 0.291. The molecule has 1 amide bonds. The third kappa shape index (κ3) is 2.59. The van der Waals surface area contributed by atoms with Gasteiger partial charge in [0.2, 0.25) is 5.56 Å². The summed E-state index contributed by atoms with van der Waals surface area (Å²) < 4.78 is 0. The first-order valence-corrected chi connectivity index (χ1v) is 3.82. The summed E-state index contributed by atoms with van der Waals surface area (Å²) in [5.74, 6) is -0.308. The molecule has 0 aliphatic carbocycles. The molecular formula is C9H10N2O2. The van der Waals surface area contributed by atoms with Gasteiger partial charge in [-0.25, -0.2) is 0 Å². The molecule has 4 nitrogen and oxygen atoms in total. The number of nitrogens with one attached hydrogen (secondary N) is 2. The molecule has 0 bridgehead atoms. The van der Waals surface area contributed by atoms with Gasteiger partial charge < -0.3 is 10.3 Å². The van der Waals surface area contributed by atoms with E-state index >= 15 is 0 Å². The van der Waals surface area contributed by atoms with Crippen LogP contribution >= 0.6 is 0 Å². The van der Waals surface area contributed by atoms with Gasteiger partial charge in [-0.1, -0.05) is 12.1 Å². The molecule has 0 aliphatic rings. The minimum atomic E-state index is -0.308. The van der Waals surface area contributed by atoms with Crippen LogP contribution in [0.3, 0.4) is 0 Å². The van der Waals surface area contributed by atoms with Crippen LogP contribution < -0.4 is 10.9 Å². The lowest BCUT2D eigenvalue weighted by Gasteiger charge is -2.00.